The number of para-hydroxylation sites is 2. The highest BCUT2D eigenvalue weighted by atomic mass is 32.2. The Bertz CT molecular complexity index is 1710. The van der Waals surface area contributed by atoms with Gasteiger partial charge in [-0.3, -0.25) is 9.59 Å². The van der Waals surface area contributed by atoms with Crippen molar-refractivity contribution >= 4 is 46.8 Å². The van der Waals surface area contributed by atoms with Gasteiger partial charge in [0.2, 0.25) is 0 Å². The fourth-order valence-corrected chi connectivity index (χ4v) is 5.96. The molecule has 8 heteroatoms. The van der Waals surface area contributed by atoms with Gasteiger partial charge in [0, 0.05) is 16.5 Å². The molecule has 0 saturated carbocycles. The fraction of sp³-hybridized carbons (Fsp3) is 0.167. The molecule has 0 radical (unpaired) electrons. The first-order chi connectivity index (χ1) is 21.5. The molecule has 4 aromatic carbocycles. The molecule has 5 rings (SSSR count). The second-order valence-electron chi connectivity index (χ2n) is 10.1. The number of hydrogen-bond acceptors (Lipinski definition) is 5. The lowest BCUT2D eigenvalue weighted by molar-refractivity contribution is -0.138. The molecule has 1 unspecified atom stereocenters. The Morgan fingerprint density at radius 3 is 2.02 bits per heavy atom. The van der Waals surface area contributed by atoms with Crippen molar-refractivity contribution in [3.05, 3.63) is 126 Å². The number of nitrogens with zero attached hydrogens (tertiary/aromatic N) is 1. The standard InChI is InChI=1S/C36H33NO6S/c38-33(39)25-37-24-32(44-35(36(40)41)28-10-3-1-4-11-28)31-15-9-12-27(34(31)37)19-16-26-17-20-30(21-18-26)43-23-8-7-22-42-29-13-5-2-6-14-29/h1-6,9-21,24,35H,7-8,22-23,25H2,(H,38,39)(H,40,41)/b19-16+. The van der Waals surface area contributed by atoms with Crippen LogP contribution in [0.1, 0.15) is 34.8 Å². The van der Waals surface area contributed by atoms with Crippen molar-refractivity contribution in [1.29, 1.82) is 0 Å². The van der Waals surface area contributed by atoms with Gasteiger partial charge in [-0.1, -0.05) is 91.0 Å². The first kappa shape index (κ1) is 30.5. The van der Waals surface area contributed by atoms with E-state index in [9.17, 15) is 19.8 Å². The number of aliphatic carboxylic acids is 2. The third-order valence-electron chi connectivity index (χ3n) is 6.92. The molecule has 0 saturated heterocycles. The molecule has 0 spiro atoms. The number of carbonyl (C=O) groups is 2. The minimum Gasteiger partial charge on any atom is -0.494 e. The molecule has 1 atom stereocenters. The Labute approximate surface area is 260 Å². The Hall–Kier alpha value is -4.95. The van der Waals surface area contributed by atoms with Crippen LogP contribution in [-0.4, -0.2) is 39.9 Å². The zero-order valence-electron chi connectivity index (χ0n) is 24.0. The summed E-state index contributed by atoms with van der Waals surface area (Å²) in [5.41, 5.74) is 3.21. The SMILES string of the molecule is O=C(O)Cn1cc(SC(C(=O)O)c2ccccc2)c2cccc(/C=C/c3ccc(OCCCCOc4ccccc4)cc3)c21. The maximum Gasteiger partial charge on any atom is 0.323 e. The molecule has 1 heterocycles. The highest BCUT2D eigenvalue weighted by molar-refractivity contribution is 8.00. The van der Waals surface area contributed by atoms with Crippen LogP contribution in [0, 0.1) is 0 Å². The zero-order chi connectivity index (χ0) is 30.7. The van der Waals surface area contributed by atoms with E-state index in [1.165, 1.54) is 11.8 Å². The summed E-state index contributed by atoms with van der Waals surface area (Å²) in [6.45, 7) is 1.01. The number of rotatable bonds is 15. The number of benzene rings is 4. The summed E-state index contributed by atoms with van der Waals surface area (Å²) >= 11 is 1.20. The van der Waals surface area contributed by atoms with E-state index in [0.717, 1.165) is 46.4 Å². The van der Waals surface area contributed by atoms with E-state index in [2.05, 4.69) is 0 Å². The van der Waals surface area contributed by atoms with E-state index in [0.29, 0.717) is 23.7 Å². The second kappa shape index (κ2) is 15.0. The van der Waals surface area contributed by atoms with Gasteiger partial charge < -0.3 is 24.3 Å². The Morgan fingerprint density at radius 2 is 1.39 bits per heavy atom. The molecular formula is C36H33NO6S. The quantitative estimate of drug-likeness (QED) is 0.0706. The van der Waals surface area contributed by atoms with Crippen LogP contribution in [0.5, 0.6) is 11.5 Å². The van der Waals surface area contributed by atoms with Gasteiger partial charge in [-0.05, 0) is 53.8 Å². The van der Waals surface area contributed by atoms with Crippen molar-refractivity contribution in [3.8, 4) is 11.5 Å². The summed E-state index contributed by atoms with van der Waals surface area (Å²) in [6, 6.07) is 32.3. The Balaban J connectivity index is 1.26. The highest BCUT2D eigenvalue weighted by Crippen LogP contribution is 2.41. The molecule has 7 nitrogen and oxygen atoms in total. The van der Waals surface area contributed by atoms with Crippen LogP contribution in [0.3, 0.4) is 0 Å². The number of thioether (sulfide) groups is 1. The average molecular weight is 608 g/mol. The average Bonchev–Trinajstić information content (AvgIpc) is 3.38. The number of ether oxygens (including phenoxy) is 2. The number of hydrogen-bond donors (Lipinski definition) is 2. The monoisotopic (exact) mass is 607 g/mol. The summed E-state index contributed by atoms with van der Waals surface area (Å²) in [6.07, 6.45) is 7.43. The minimum atomic E-state index is -0.977. The van der Waals surface area contributed by atoms with E-state index in [1.54, 1.807) is 22.9 Å². The molecule has 224 valence electrons. The predicted octanol–water partition coefficient (Wildman–Crippen LogP) is 8.05. The number of unbranched alkanes of at least 4 members (excludes halogenated alkanes) is 1. The lowest BCUT2D eigenvalue weighted by atomic mass is 10.1. The lowest BCUT2D eigenvalue weighted by Crippen LogP contribution is -2.08. The number of carboxylic acid groups (broad SMARTS) is 2. The van der Waals surface area contributed by atoms with Crippen molar-refractivity contribution in [3.63, 3.8) is 0 Å². The molecule has 5 aromatic rings. The normalized spacial score (nSPS) is 11.9. The predicted molar refractivity (Wildman–Crippen MR) is 174 cm³/mol. The first-order valence-corrected chi connectivity index (χ1v) is 15.2. The molecule has 1 aromatic heterocycles. The number of aromatic nitrogens is 1. The van der Waals surface area contributed by atoms with Gasteiger partial charge in [-0.2, -0.15) is 0 Å². The van der Waals surface area contributed by atoms with Crippen molar-refractivity contribution in [2.45, 2.75) is 29.5 Å². The molecule has 0 bridgehead atoms. The minimum absolute atomic E-state index is 0.241. The van der Waals surface area contributed by atoms with E-state index in [1.807, 2.05) is 103 Å². The highest BCUT2D eigenvalue weighted by Gasteiger charge is 2.24. The molecule has 0 amide bonds. The van der Waals surface area contributed by atoms with Gasteiger partial charge in [0.1, 0.15) is 23.3 Å². The number of fused-ring (bicyclic) bond motifs is 1. The Morgan fingerprint density at radius 1 is 0.750 bits per heavy atom. The third-order valence-corrected chi connectivity index (χ3v) is 8.21. The molecule has 0 aliphatic heterocycles. The van der Waals surface area contributed by atoms with E-state index < -0.39 is 17.2 Å². The van der Waals surface area contributed by atoms with Gasteiger partial charge in [0.15, 0.2) is 0 Å². The van der Waals surface area contributed by atoms with Crippen LogP contribution in [0.25, 0.3) is 23.1 Å². The topological polar surface area (TPSA) is 98.0 Å². The van der Waals surface area contributed by atoms with Crippen LogP contribution in [0.15, 0.2) is 114 Å². The Kier molecular flexibility index (Phi) is 10.4. The largest absolute Gasteiger partial charge is 0.494 e. The van der Waals surface area contributed by atoms with Crippen LogP contribution >= 0.6 is 11.8 Å². The zero-order valence-corrected chi connectivity index (χ0v) is 24.9. The summed E-state index contributed by atoms with van der Waals surface area (Å²) < 4.78 is 13.3. The van der Waals surface area contributed by atoms with Crippen LogP contribution in [-0.2, 0) is 16.1 Å². The van der Waals surface area contributed by atoms with Gasteiger partial charge >= 0.3 is 11.9 Å². The fourth-order valence-electron chi connectivity index (χ4n) is 4.83. The maximum atomic E-state index is 12.2. The molecule has 44 heavy (non-hydrogen) atoms. The van der Waals surface area contributed by atoms with Crippen molar-refractivity contribution in [2.24, 2.45) is 0 Å². The molecule has 0 aliphatic carbocycles. The van der Waals surface area contributed by atoms with E-state index in [-0.39, 0.29) is 6.54 Å². The second-order valence-corrected chi connectivity index (χ2v) is 11.3. The summed E-state index contributed by atoms with van der Waals surface area (Å²) in [5, 5.41) is 19.5. The van der Waals surface area contributed by atoms with Crippen molar-refractivity contribution < 1.29 is 29.3 Å². The van der Waals surface area contributed by atoms with Gasteiger partial charge in [0.05, 0.1) is 18.7 Å². The van der Waals surface area contributed by atoms with Crippen molar-refractivity contribution in [2.75, 3.05) is 13.2 Å². The lowest BCUT2D eigenvalue weighted by Gasteiger charge is -2.11. The summed E-state index contributed by atoms with van der Waals surface area (Å²) in [7, 11) is 0. The van der Waals surface area contributed by atoms with Crippen LogP contribution < -0.4 is 9.47 Å². The van der Waals surface area contributed by atoms with E-state index >= 15 is 0 Å². The number of carboxylic acids is 2. The summed E-state index contributed by atoms with van der Waals surface area (Å²) in [5.74, 6) is -0.274. The van der Waals surface area contributed by atoms with Crippen molar-refractivity contribution in [1.82, 2.24) is 4.57 Å². The summed E-state index contributed by atoms with van der Waals surface area (Å²) in [4.78, 5) is 24.6. The third kappa shape index (κ3) is 8.11. The van der Waals surface area contributed by atoms with Gasteiger partial charge in [-0.25, -0.2) is 0 Å². The van der Waals surface area contributed by atoms with Gasteiger partial charge in [-0.15, -0.1) is 11.8 Å². The van der Waals surface area contributed by atoms with Gasteiger partial charge in [0.25, 0.3) is 0 Å². The smallest absolute Gasteiger partial charge is 0.323 e. The molecule has 0 fully saturated rings. The molecule has 2 N–H and O–H groups in total. The molecule has 0 aliphatic rings. The van der Waals surface area contributed by atoms with Crippen LogP contribution in [0.4, 0.5) is 0 Å². The van der Waals surface area contributed by atoms with Crippen LogP contribution in [0.2, 0.25) is 0 Å². The first-order valence-electron chi connectivity index (χ1n) is 14.3. The van der Waals surface area contributed by atoms with E-state index in [4.69, 9.17) is 9.47 Å². The molecular weight excluding hydrogens is 574 g/mol. The maximum absolute atomic E-state index is 12.2.